The van der Waals surface area contributed by atoms with Gasteiger partial charge in [-0.05, 0) is 42.0 Å². The number of pyridine rings is 1. The second-order valence-electron chi connectivity index (χ2n) is 6.12. The van der Waals surface area contributed by atoms with Crippen molar-refractivity contribution in [1.29, 1.82) is 0 Å². The first kappa shape index (κ1) is 16.8. The Kier molecular flexibility index (Phi) is 4.53. The molecule has 4 aromatic rings. The number of hydrogen-bond acceptors (Lipinski definition) is 4. The summed E-state index contributed by atoms with van der Waals surface area (Å²) in [5.74, 6) is 0.549. The highest BCUT2D eigenvalue weighted by molar-refractivity contribution is 5.77. The summed E-state index contributed by atoms with van der Waals surface area (Å²) in [5, 5.41) is 8.89. The fourth-order valence-electron chi connectivity index (χ4n) is 2.78. The minimum atomic E-state index is -0.910. The lowest BCUT2D eigenvalue weighted by molar-refractivity contribution is -0.136. The number of aromatic amines is 1. The first-order valence-electron chi connectivity index (χ1n) is 8.52. The molecule has 0 aliphatic rings. The van der Waals surface area contributed by atoms with Gasteiger partial charge in [-0.1, -0.05) is 30.3 Å². The zero-order valence-electron chi connectivity index (χ0n) is 14.4. The molecule has 0 amide bonds. The van der Waals surface area contributed by atoms with Crippen molar-refractivity contribution in [2.24, 2.45) is 0 Å². The van der Waals surface area contributed by atoms with Gasteiger partial charge in [0.2, 0.25) is 0 Å². The van der Waals surface area contributed by atoms with E-state index in [2.05, 4.69) is 15.0 Å². The molecule has 2 heterocycles. The van der Waals surface area contributed by atoms with Crippen LogP contribution < -0.4 is 4.74 Å². The van der Waals surface area contributed by atoms with Gasteiger partial charge in [-0.25, -0.2) is 9.97 Å². The Bertz CT molecular complexity index is 1070. The molecule has 0 bridgehead atoms. The number of nitrogens with one attached hydrogen (secondary N) is 1. The Balaban J connectivity index is 1.50. The van der Waals surface area contributed by atoms with Crippen LogP contribution in [-0.2, 0) is 17.8 Å². The van der Waals surface area contributed by atoms with E-state index < -0.39 is 5.97 Å². The predicted molar refractivity (Wildman–Crippen MR) is 101 cm³/mol. The Labute approximate surface area is 155 Å². The third-order valence-electron chi connectivity index (χ3n) is 4.11. The highest BCUT2D eigenvalue weighted by atomic mass is 16.5. The molecule has 2 aromatic carbocycles. The third kappa shape index (κ3) is 3.95. The van der Waals surface area contributed by atoms with Crippen LogP contribution in [0.1, 0.15) is 11.3 Å². The Morgan fingerprint density at radius 3 is 2.48 bits per heavy atom. The zero-order valence-corrected chi connectivity index (χ0v) is 14.4. The minimum absolute atomic E-state index is 0.113. The Hall–Kier alpha value is -3.67. The van der Waals surface area contributed by atoms with E-state index in [-0.39, 0.29) is 6.42 Å². The summed E-state index contributed by atoms with van der Waals surface area (Å²) < 4.78 is 5.80. The quantitative estimate of drug-likeness (QED) is 0.546. The van der Waals surface area contributed by atoms with Gasteiger partial charge >= 0.3 is 5.97 Å². The SMILES string of the molecule is O=C(O)Cc1ccc2nc(-c3ccc(OCc4ccccc4)cc3)[nH]c2n1. The van der Waals surface area contributed by atoms with Crippen molar-refractivity contribution in [3.8, 4) is 17.1 Å². The van der Waals surface area contributed by atoms with Crippen molar-refractivity contribution in [1.82, 2.24) is 15.0 Å². The topological polar surface area (TPSA) is 88.1 Å². The monoisotopic (exact) mass is 359 g/mol. The largest absolute Gasteiger partial charge is 0.489 e. The number of rotatable bonds is 6. The van der Waals surface area contributed by atoms with Gasteiger partial charge in [0.25, 0.3) is 0 Å². The van der Waals surface area contributed by atoms with Crippen molar-refractivity contribution in [3.05, 3.63) is 78.0 Å². The average molecular weight is 359 g/mol. The molecular weight excluding hydrogens is 342 g/mol. The highest BCUT2D eigenvalue weighted by Crippen LogP contribution is 2.23. The minimum Gasteiger partial charge on any atom is -0.489 e. The van der Waals surface area contributed by atoms with Gasteiger partial charge in [-0.2, -0.15) is 0 Å². The number of imidazole rings is 1. The van der Waals surface area contributed by atoms with Crippen molar-refractivity contribution in [2.75, 3.05) is 0 Å². The van der Waals surface area contributed by atoms with E-state index in [1.165, 1.54) is 0 Å². The van der Waals surface area contributed by atoms with Gasteiger partial charge in [-0.3, -0.25) is 4.79 Å². The van der Waals surface area contributed by atoms with Crippen LogP contribution in [0.25, 0.3) is 22.6 Å². The second-order valence-corrected chi connectivity index (χ2v) is 6.12. The van der Waals surface area contributed by atoms with E-state index in [1.54, 1.807) is 12.1 Å². The molecule has 6 heteroatoms. The highest BCUT2D eigenvalue weighted by Gasteiger charge is 2.09. The number of hydrogen-bond donors (Lipinski definition) is 2. The maximum absolute atomic E-state index is 10.8. The van der Waals surface area contributed by atoms with Crippen molar-refractivity contribution in [3.63, 3.8) is 0 Å². The van der Waals surface area contributed by atoms with Crippen LogP contribution in [0, 0.1) is 0 Å². The lowest BCUT2D eigenvalue weighted by Gasteiger charge is -2.06. The average Bonchev–Trinajstić information content (AvgIpc) is 3.10. The molecule has 0 unspecified atom stereocenters. The molecular formula is C21H17N3O3. The van der Waals surface area contributed by atoms with Gasteiger partial charge in [0, 0.05) is 5.56 Å². The Morgan fingerprint density at radius 2 is 1.74 bits per heavy atom. The molecule has 2 N–H and O–H groups in total. The first-order chi connectivity index (χ1) is 13.2. The number of fused-ring (bicyclic) bond motifs is 1. The summed E-state index contributed by atoms with van der Waals surface area (Å²) >= 11 is 0. The van der Waals surface area contributed by atoms with Crippen LogP contribution in [0.5, 0.6) is 5.75 Å². The van der Waals surface area contributed by atoms with Crippen molar-refractivity contribution >= 4 is 17.1 Å². The fourth-order valence-corrected chi connectivity index (χ4v) is 2.78. The normalized spacial score (nSPS) is 10.8. The van der Waals surface area contributed by atoms with E-state index in [0.29, 0.717) is 29.3 Å². The molecule has 0 radical (unpaired) electrons. The van der Waals surface area contributed by atoms with E-state index in [0.717, 1.165) is 16.9 Å². The number of aliphatic carboxylic acids is 1. The number of carbonyl (C=O) groups is 1. The number of carboxylic acid groups (broad SMARTS) is 1. The van der Waals surface area contributed by atoms with Gasteiger partial charge in [0.1, 0.15) is 23.7 Å². The lowest BCUT2D eigenvalue weighted by Crippen LogP contribution is -2.01. The van der Waals surface area contributed by atoms with Gasteiger partial charge in [-0.15, -0.1) is 0 Å². The molecule has 0 aliphatic heterocycles. The van der Waals surface area contributed by atoms with Gasteiger partial charge in [0.05, 0.1) is 12.1 Å². The van der Waals surface area contributed by atoms with Gasteiger partial charge in [0.15, 0.2) is 5.65 Å². The third-order valence-corrected chi connectivity index (χ3v) is 4.11. The molecule has 0 aliphatic carbocycles. The molecule has 0 fully saturated rings. The molecule has 4 rings (SSSR count). The standard InChI is InChI=1S/C21H17N3O3/c25-19(26)12-16-8-11-18-21(22-16)24-20(23-18)15-6-9-17(10-7-15)27-13-14-4-2-1-3-5-14/h1-11H,12-13H2,(H,25,26)(H,22,23,24). The number of benzene rings is 2. The number of aromatic nitrogens is 3. The van der Waals surface area contributed by atoms with E-state index in [4.69, 9.17) is 9.84 Å². The molecule has 134 valence electrons. The predicted octanol–water partition coefficient (Wildman–Crippen LogP) is 3.83. The zero-order chi connectivity index (χ0) is 18.6. The second kappa shape index (κ2) is 7.29. The van der Waals surface area contributed by atoms with Crippen molar-refractivity contribution < 1.29 is 14.6 Å². The van der Waals surface area contributed by atoms with Crippen LogP contribution >= 0.6 is 0 Å². The molecule has 2 aromatic heterocycles. The van der Waals surface area contributed by atoms with Crippen LogP contribution in [0.4, 0.5) is 0 Å². The van der Waals surface area contributed by atoms with E-state index in [1.807, 2.05) is 54.6 Å². The summed E-state index contributed by atoms with van der Waals surface area (Å²) in [7, 11) is 0. The van der Waals surface area contributed by atoms with Crippen LogP contribution in [0.15, 0.2) is 66.7 Å². The number of H-pyrrole nitrogens is 1. The molecule has 6 nitrogen and oxygen atoms in total. The summed E-state index contributed by atoms with van der Waals surface area (Å²) in [6.45, 7) is 0.515. The maximum Gasteiger partial charge on any atom is 0.309 e. The number of ether oxygens (including phenoxy) is 1. The van der Waals surface area contributed by atoms with Crippen molar-refractivity contribution in [2.45, 2.75) is 13.0 Å². The molecule has 0 spiro atoms. The summed E-state index contributed by atoms with van der Waals surface area (Å²) in [6, 6.07) is 21.1. The summed E-state index contributed by atoms with van der Waals surface area (Å²) in [6.07, 6.45) is -0.113. The number of carboxylic acids is 1. The first-order valence-corrected chi connectivity index (χ1v) is 8.52. The molecule has 27 heavy (non-hydrogen) atoms. The van der Waals surface area contributed by atoms with Gasteiger partial charge < -0.3 is 14.8 Å². The van der Waals surface area contributed by atoms with Crippen LogP contribution in [0.2, 0.25) is 0 Å². The van der Waals surface area contributed by atoms with E-state index in [9.17, 15) is 4.79 Å². The maximum atomic E-state index is 10.8. The van der Waals surface area contributed by atoms with Crippen LogP contribution in [-0.4, -0.2) is 26.0 Å². The lowest BCUT2D eigenvalue weighted by atomic mass is 10.2. The summed E-state index contributed by atoms with van der Waals surface area (Å²) in [5.41, 5.74) is 3.79. The smallest absolute Gasteiger partial charge is 0.309 e. The molecule has 0 saturated heterocycles. The summed E-state index contributed by atoms with van der Waals surface area (Å²) in [4.78, 5) is 22.8. The van der Waals surface area contributed by atoms with Crippen LogP contribution in [0.3, 0.4) is 0 Å². The Morgan fingerprint density at radius 1 is 0.963 bits per heavy atom. The molecule has 0 atom stereocenters. The number of nitrogens with zero attached hydrogens (tertiary/aromatic N) is 2. The molecule has 0 saturated carbocycles. The van der Waals surface area contributed by atoms with E-state index >= 15 is 0 Å². The fraction of sp³-hybridized carbons (Fsp3) is 0.0952.